The van der Waals surface area contributed by atoms with Crippen LogP contribution >= 0.6 is 0 Å². The van der Waals surface area contributed by atoms with E-state index in [4.69, 9.17) is 9.47 Å². The molecule has 0 aromatic heterocycles. The van der Waals surface area contributed by atoms with Crippen LogP contribution in [0.1, 0.15) is 84.8 Å². The van der Waals surface area contributed by atoms with Gasteiger partial charge in [0.05, 0.1) is 13.2 Å². The first-order chi connectivity index (χ1) is 11.4. The number of phenols is 1. The van der Waals surface area contributed by atoms with Gasteiger partial charge >= 0.3 is 0 Å². The van der Waals surface area contributed by atoms with E-state index in [1.54, 1.807) is 0 Å². The van der Waals surface area contributed by atoms with Gasteiger partial charge in [-0.05, 0) is 40.0 Å². The van der Waals surface area contributed by atoms with E-state index >= 15 is 0 Å². The van der Waals surface area contributed by atoms with Gasteiger partial charge in [0.15, 0.2) is 6.29 Å². The fourth-order valence-corrected chi connectivity index (χ4v) is 3.31. The molecule has 1 N–H and O–H groups in total. The van der Waals surface area contributed by atoms with Gasteiger partial charge in [0.2, 0.25) is 0 Å². The molecule has 0 spiro atoms. The predicted octanol–water partition coefficient (Wildman–Crippen LogP) is 5.69. The molecule has 3 heteroatoms. The molecule has 0 radical (unpaired) electrons. The fourth-order valence-electron chi connectivity index (χ4n) is 3.31. The van der Waals surface area contributed by atoms with Crippen molar-refractivity contribution in [2.24, 2.45) is 11.8 Å². The first-order valence-electron chi connectivity index (χ1n) is 9.56. The normalized spacial score (nSPS) is 23.5. The summed E-state index contributed by atoms with van der Waals surface area (Å²) in [6.45, 7) is 18.7. The summed E-state index contributed by atoms with van der Waals surface area (Å²) in [6.07, 6.45) is 0.798. The minimum Gasteiger partial charge on any atom is -0.507 e. The number of hydrogen-bond donors (Lipinski definition) is 1. The molecule has 0 aliphatic carbocycles. The van der Waals surface area contributed by atoms with Crippen LogP contribution < -0.4 is 0 Å². The van der Waals surface area contributed by atoms with Crippen LogP contribution in [0.2, 0.25) is 0 Å². The van der Waals surface area contributed by atoms with Crippen molar-refractivity contribution in [1.29, 1.82) is 0 Å². The number of benzene rings is 1. The highest BCUT2D eigenvalue weighted by atomic mass is 16.7. The van der Waals surface area contributed by atoms with E-state index in [9.17, 15) is 5.11 Å². The molecule has 0 bridgehead atoms. The molecule has 1 unspecified atom stereocenters. The van der Waals surface area contributed by atoms with Gasteiger partial charge in [-0.1, -0.05) is 61.8 Å². The van der Waals surface area contributed by atoms with E-state index in [0.717, 1.165) is 36.3 Å². The van der Waals surface area contributed by atoms with E-state index in [1.165, 1.54) is 0 Å². The zero-order chi connectivity index (χ0) is 19.0. The van der Waals surface area contributed by atoms with Crippen molar-refractivity contribution in [1.82, 2.24) is 0 Å². The zero-order valence-corrected chi connectivity index (χ0v) is 17.3. The van der Waals surface area contributed by atoms with E-state index in [-0.39, 0.29) is 17.1 Å². The standard InChI is InChI=1S/C22H36O3/c1-9-14(2)16-12-24-20(25-13-16)15-10-17(21(3,4)5)19(23)18(11-15)22(6,7)8/h10-11,14,16,20,23H,9,12-13H2,1-8H3. The van der Waals surface area contributed by atoms with Crippen LogP contribution in [-0.4, -0.2) is 18.3 Å². The van der Waals surface area contributed by atoms with Crippen LogP contribution in [0.5, 0.6) is 5.75 Å². The lowest BCUT2D eigenvalue weighted by Crippen LogP contribution is -2.31. The molecule has 1 aromatic rings. The predicted molar refractivity (Wildman–Crippen MR) is 103 cm³/mol. The van der Waals surface area contributed by atoms with E-state index < -0.39 is 0 Å². The summed E-state index contributed by atoms with van der Waals surface area (Å²) < 4.78 is 12.1. The summed E-state index contributed by atoms with van der Waals surface area (Å²) in [5, 5.41) is 10.8. The van der Waals surface area contributed by atoms with E-state index in [0.29, 0.717) is 17.6 Å². The molecule has 142 valence electrons. The number of ether oxygens (including phenoxy) is 2. The lowest BCUT2D eigenvalue weighted by molar-refractivity contribution is -0.212. The minimum atomic E-state index is -0.344. The maximum atomic E-state index is 10.8. The fraction of sp³-hybridized carbons (Fsp3) is 0.727. The molecule has 2 rings (SSSR count). The SMILES string of the molecule is CCC(C)C1COC(c2cc(C(C)(C)C)c(O)c(C(C)(C)C)c2)OC1. The van der Waals surface area contributed by atoms with Crippen LogP contribution in [0.4, 0.5) is 0 Å². The molecule has 0 saturated carbocycles. The number of aromatic hydroxyl groups is 1. The average molecular weight is 349 g/mol. The monoisotopic (exact) mass is 348 g/mol. The summed E-state index contributed by atoms with van der Waals surface area (Å²) in [5.41, 5.74) is 2.62. The van der Waals surface area contributed by atoms with Gasteiger partial charge in [0.25, 0.3) is 0 Å². The first-order valence-corrected chi connectivity index (χ1v) is 9.56. The maximum Gasteiger partial charge on any atom is 0.183 e. The van der Waals surface area contributed by atoms with E-state index in [1.807, 2.05) is 0 Å². The quantitative estimate of drug-likeness (QED) is 0.762. The lowest BCUT2D eigenvalue weighted by atomic mass is 9.78. The highest BCUT2D eigenvalue weighted by molar-refractivity contribution is 5.50. The van der Waals surface area contributed by atoms with Crippen LogP contribution in [0.3, 0.4) is 0 Å². The van der Waals surface area contributed by atoms with Gasteiger partial charge in [-0.3, -0.25) is 0 Å². The smallest absolute Gasteiger partial charge is 0.183 e. The Bertz CT molecular complexity index is 549. The summed E-state index contributed by atoms with van der Waals surface area (Å²) in [6, 6.07) is 4.11. The first kappa shape index (κ1) is 20.3. The second-order valence-electron chi connectivity index (χ2n) is 9.61. The molecule has 25 heavy (non-hydrogen) atoms. The Balaban J connectivity index is 2.36. The third kappa shape index (κ3) is 4.57. The van der Waals surface area contributed by atoms with Crippen molar-refractivity contribution < 1.29 is 14.6 Å². The second kappa shape index (κ2) is 7.28. The molecule has 1 fully saturated rings. The van der Waals surface area contributed by atoms with Gasteiger partial charge < -0.3 is 14.6 Å². The third-order valence-electron chi connectivity index (χ3n) is 5.39. The van der Waals surface area contributed by atoms with Crippen molar-refractivity contribution in [3.05, 3.63) is 28.8 Å². The van der Waals surface area contributed by atoms with Crippen LogP contribution in [-0.2, 0) is 20.3 Å². The number of rotatable bonds is 3. The Labute approximate surface area is 153 Å². The molecule has 1 saturated heterocycles. The largest absolute Gasteiger partial charge is 0.507 e. The molecule has 1 aliphatic heterocycles. The topological polar surface area (TPSA) is 38.7 Å². The highest BCUT2D eigenvalue weighted by Crippen LogP contribution is 2.42. The van der Waals surface area contributed by atoms with Crippen molar-refractivity contribution in [3.63, 3.8) is 0 Å². The Morgan fingerprint density at radius 1 is 1.00 bits per heavy atom. The Morgan fingerprint density at radius 2 is 1.44 bits per heavy atom. The average Bonchev–Trinajstić information content (AvgIpc) is 2.52. The highest BCUT2D eigenvalue weighted by Gasteiger charge is 2.31. The number of phenolic OH excluding ortho intramolecular Hbond substituents is 1. The third-order valence-corrected chi connectivity index (χ3v) is 5.39. The zero-order valence-electron chi connectivity index (χ0n) is 17.3. The molecule has 1 aromatic carbocycles. The molecule has 3 nitrogen and oxygen atoms in total. The van der Waals surface area contributed by atoms with Crippen LogP contribution in [0, 0.1) is 11.8 Å². The summed E-state index contributed by atoms with van der Waals surface area (Å²) in [5.74, 6) is 1.47. The van der Waals surface area contributed by atoms with Gasteiger partial charge in [-0.15, -0.1) is 0 Å². The van der Waals surface area contributed by atoms with Gasteiger partial charge in [0, 0.05) is 11.5 Å². The van der Waals surface area contributed by atoms with Gasteiger partial charge in [-0.2, -0.15) is 0 Å². The summed E-state index contributed by atoms with van der Waals surface area (Å²) in [7, 11) is 0. The Morgan fingerprint density at radius 3 is 1.80 bits per heavy atom. The van der Waals surface area contributed by atoms with Crippen molar-refractivity contribution in [3.8, 4) is 5.75 Å². The van der Waals surface area contributed by atoms with Crippen LogP contribution in [0.25, 0.3) is 0 Å². The molecular weight excluding hydrogens is 312 g/mol. The summed E-state index contributed by atoms with van der Waals surface area (Å²) in [4.78, 5) is 0. The summed E-state index contributed by atoms with van der Waals surface area (Å²) >= 11 is 0. The molecule has 1 heterocycles. The van der Waals surface area contributed by atoms with Crippen molar-refractivity contribution in [2.75, 3.05) is 13.2 Å². The lowest BCUT2D eigenvalue weighted by Gasteiger charge is -2.34. The maximum absolute atomic E-state index is 10.8. The van der Waals surface area contributed by atoms with Gasteiger partial charge in [-0.25, -0.2) is 0 Å². The molecular formula is C22H36O3. The molecule has 0 amide bonds. The minimum absolute atomic E-state index is 0.145. The van der Waals surface area contributed by atoms with Crippen molar-refractivity contribution >= 4 is 0 Å². The molecule has 1 aliphatic rings. The van der Waals surface area contributed by atoms with E-state index in [2.05, 4.69) is 67.5 Å². The second-order valence-corrected chi connectivity index (χ2v) is 9.61. The molecule has 1 atom stereocenters. The Kier molecular flexibility index (Phi) is 5.90. The van der Waals surface area contributed by atoms with Gasteiger partial charge in [0.1, 0.15) is 5.75 Å². The number of hydrogen-bond acceptors (Lipinski definition) is 3. The Hall–Kier alpha value is -1.06. The van der Waals surface area contributed by atoms with Crippen LogP contribution in [0.15, 0.2) is 12.1 Å². The van der Waals surface area contributed by atoms with Crippen molar-refractivity contribution in [2.45, 2.75) is 78.9 Å².